The molecule has 0 atom stereocenters. The molecule has 0 amide bonds. The van der Waals surface area contributed by atoms with Gasteiger partial charge in [0.1, 0.15) is 23.2 Å². The maximum absolute atomic E-state index is 12.9. The molecule has 0 aliphatic carbocycles. The van der Waals surface area contributed by atoms with Gasteiger partial charge in [-0.05, 0) is 55.8 Å². The van der Waals surface area contributed by atoms with Crippen LogP contribution in [0.25, 0.3) is 28.2 Å². The summed E-state index contributed by atoms with van der Waals surface area (Å²) in [6.45, 7) is 3.83. The fourth-order valence-electron chi connectivity index (χ4n) is 3.09. The van der Waals surface area contributed by atoms with Crippen molar-refractivity contribution in [3.05, 3.63) is 70.1 Å². The molecular weight excluding hydrogens is 357 g/mol. The second-order valence-corrected chi connectivity index (χ2v) is 6.95. The van der Waals surface area contributed by atoms with Crippen LogP contribution in [0.3, 0.4) is 0 Å². The highest BCUT2D eigenvalue weighted by atomic mass is 19.4. The summed E-state index contributed by atoms with van der Waals surface area (Å²) in [6, 6.07) is 7.75. The van der Waals surface area contributed by atoms with Crippen LogP contribution in [-0.2, 0) is 6.18 Å². The molecule has 2 heterocycles. The Balaban J connectivity index is 1.83. The average Bonchev–Trinajstić information content (AvgIpc) is 2.60. The molecule has 138 valence electrons. The average molecular weight is 372 g/mol. The van der Waals surface area contributed by atoms with E-state index in [9.17, 15) is 18.0 Å². The van der Waals surface area contributed by atoms with Gasteiger partial charge >= 0.3 is 6.18 Å². The minimum atomic E-state index is -4.42. The first kappa shape index (κ1) is 17.4. The number of alkyl halides is 3. The van der Waals surface area contributed by atoms with E-state index in [1.54, 1.807) is 12.1 Å². The third kappa shape index (κ3) is 3.01. The van der Waals surface area contributed by atoms with Crippen molar-refractivity contribution in [2.45, 2.75) is 25.6 Å². The van der Waals surface area contributed by atoms with E-state index < -0.39 is 17.3 Å². The van der Waals surface area contributed by atoms with Gasteiger partial charge in [-0.15, -0.1) is 0 Å². The zero-order valence-corrected chi connectivity index (χ0v) is 14.6. The molecule has 1 aromatic heterocycles. The highest BCUT2D eigenvalue weighted by Gasteiger charge is 2.30. The summed E-state index contributed by atoms with van der Waals surface area (Å²) in [7, 11) is 0. The zero-order valence-electron chi connectivity index (χ0n) is 14.6. The molecule has 0 spiro atoms. The van der Waals surface area contributed by atoms with Crippen LogP contribution < -0.4 is 10.2 Å². The summed E-state index contributed by atoms with van der Waals surface area (Å²) in [5.74, 6) is 0.612. The Morgan fingerprint density at radius 1 is 1.00 bits per heavy atom. The standard InChI is InChI=1S/C21H15F3O3/c1-20(2)10-9-14-17(27-20)8-7-15-18(25)16(11-26-19(14)15)12-3-5-13(6-4-12)21(22,23)24/h3-11H,1-2H3. The second-order valence-electron chi connectivity index (χ2n) is 6.95. The molecule has 0 radical (unpaired) electrons. The van der Waals surface area contributed by atoms with E-state index in [0.29, 0.717) is 27.8 Å². The molecule has 1 aliphatic rings. The van der Waals surface area contributed by atoms with Gasteiger partial charge in [-0.2, -0.15) is 13.2 Å². The topological polar surface area (TPSA) is 39.4 Å². The first-order valence-corrected chi connectivity index (χ1v) is 8.30. The lowest BCUT2D eigenvalue weighted by Crippen LogP contribution is -2.27. The maximum Gasteiger partial charge on any atom is 0.416 e. The van der Waals surface area contributed by atoms with Gasteiger partial charge in [0.15, 0.2) is 0 Å². The van der Waals surface area contributed by atoms with Crippen LogP contribution >= 0.6 is 0 Å². The molecule has 0 saturated heterocycles. The van der Waals surface area contributed by atoms with Crippen LogP contribution in [0.15, 0.2) is 57.9 Å². The largest absolute Gasteiger partial charge is 0.483 e. The van der Waals surface area contributed by atoms with E-state index in [0.717, 1.165) is 12.1 Å². The molecule has 1 aliphatic heterocycles. The number of halogens is 3. The van der Waals surface area contributed by atoms with E-state index in [1.807, 2.05) is 26.0 Å². The highest BCUT2D eigenvalue weighted by Crippen LogP contribution is 2.36. The molecule has 0 N–H and O–H groups in total. The van der Waals surface area contributed by atoms with Gasteiger partial charge < -0.3 is 9.15 Å². The van der Waals surface area contributed by atoms with Gasteiger partial charge in [-0.3, -0.25) is 4.79 Å². The normalized spacial score (nSPS) is 15.4. The van der Waals surface area contributed by atoms with Crippen molar-refractivity contribution in [3.63, 3.8) is 0 Å². The van der Waals surface area contributed by atoms with Crippen molar-refractivity contribution in [2.24, 2.45) is 0 Å². The predicted molar refractivity (Wildman–Crippen MR) is 96.7 cm³/mol. The number of hydrogen-bond acceptors (Lipinski definition) is 3. The summed E-state index contributed by atoms with van der Waals surface area (Å²) in [4.78, 5) is 12.9. The number of ether oxygens (including phenoxy) is 1. The molecule has 27 heavy (non-hydrogen) atoms. The molecule has 4 rings (SSSR count). The molecule has 3 aromatic rings. The van der Waals surface area contributed by atoms with Crippen LogP contribution in [0.2, 0.25) is 0 Å². The smallest absolute Gasteiger partial charge is 0.416 e. The minimum absolute atomic E-state index is 0.206. The van der Waals surface area contributed by atoms with Gasteiger partial charge in [-0.1, -0.05) is 12.1 Å². The maximum atomic E-state index is 12.9. The lowest BCUT2D eigenvalue weighted by molar-refractivity contribution is -0.137. The molecule has 3 nitrogen and oxygen atoms in total. The Morgan fingerprint density at radius 3 is 2.37 bits per heavy atom. The van der Waals surface area contributed by atoms with E-state index in [2.05, 4.69) is 0 Å². The van der Waals surface area contributed by atoms with E-state index >= 15 is 0 Å². The molecule has 0 saturated carbocycles. The second kappa shape index (κ2) is 5.74. The van der Waals surface area contributed by atoms with Crippen molar-refractivity contribution < 1.29 is 22.3 Å². The van der Waals surface area contributed by atoms with Crippen LogP contribution in [0.4, 0.5) is 13.2 Å². The SMILES string of the molecule is CC1(C)C=Cc2c(ccc3c(=O)c(-c4ccc(C(F)(F)F)cc4)coc23)O1. The van der Waals surface area contributed by atoms with Crippen molar-refractivity contribution in [3.8, 4) is 16.9 Å². The summed E-state index contributed by atoms with van der Waals surface area (Å²) in [5, 5.41) is 0.346. The van der Waals surface area contributed by atoms with Crippen molar-refractivity contribution in [1.82, 2.24) is 0 Å². The lowest BCUT2D eigenvalue weighted by atomic mass is 9.99. The van der Waals surface area contributed by atoms with Gasteiger partial charge in [0, 0.05) is 0 Å². The van der Waals surface area contributed by atoms with Crippen molar-refractivity contribution in [2.75, 3.05) is 0 Å². The molecule has 6 heteroatoms. The first-order valence-electron chi connectivity index (χ1n) is 8.30. The fraction of sp³-hybridized carbons (Fsp3) is 0.190. The summed E-state index contributed by atoms with van der Waals surface area (Å²) in [5.41, 5.74) is 0.0953. The molecular formula is C21H15F3O3. The third-order valence-electron chi connectivity index (χ3n) is 4.49. The minimum Gasteiger partial charge on any atom is -0.483 e. The highest BCUT2D eigenvalue weighted by molar-refractivity contribution is 5.91. The predicted octanol–water partition coefficient (Wildman–Crippen LogP) is 5.66. The molecule has 0 bridgehead atoms. The fourth-order valence-corrected chi connectivity index (χ4v) is 3.09. The van der Waals surface area contributed by atoms with E-state index in [4.69, 9.17) is 9.15 Å². The van der Waals surface area contributed by atoms with E-state index in [-0.39, 0.29) is 11.0 Å². The van der Waals surface area contributed by atoms with Crippen molar-refractivity contribution in [1.29, 1.82) is 0 Å². The van der Waals surface area contributed by atoms with Gasteiger partial charge in [0.2, 0.25) is 5.43 Å². The summed E-state index contributed by atoms with van der Waals surface area (Å²) in [6.07, 6.45) is 0.577. The van der Waals surface area contributed by atoms with E-state index in [1.165, 1.54) is 18.4 Å². The zero-order chi connectivity index (χ0) is 19.4. The quantitative estimate of drug-likeness (QED) is 0.553. The lowest BCUT2D eigenvalue weighted by Gasteiger charge is -2.27. The van der Waals surface area contributed by atoms with Gasteiger partial charge in [0.05, 0.1) is 22.1 Å². The van der Waals surface area contributed by atoms with Crippen LogP contribution in [0.5, 0.6) is 5.75 Å². The first-order chi connectivity index (χ1) is 12.7. The number of fused-ring (bicyclic) bond motifs is 3. The third-order valence-corrected chi connectivity index (χ3v) is 4.49. The van der Waals surface area contributed by atoms with Crippen LogP contribution in [0, 0.1) is 0 Å². The molecule has 0 fully saturated rings. The monoisotopic (exact) mass is 372 g/mol. The van der Waals surface area contributed by atoms with Crippen LogP contribution in [-0.4, -0.2) is 5.60 Å². The Hall–Kier alpha value is -3.02. The summed E-state index contributed by atoms with van der Waals surface area (Å²) >= 11 is 0. The number of rotatable bonds is 1. The van der Waals surface area contributed by atoms with Gasteiger partial charge in [0.25, 0.3) is 0 Å². The Kier molecular flexibility index (Phi) is 3.70. The molecule has 2 aromatic carbocycles. The number of hydrogen-bond donors (Lipinski definition) is 0. The molecule has 0 unspecified atom stereocenters. The van der Waals surface area contributed by atoms with Crippen LogP contribution in [0.1, 0.15) is 25.0 Å². The Labute approximate surface area is 152 Å². The Morgan fingerprint density at radius 2 is 1.70 bits per heavy atom. The number of benzene rings is 2. The summed E-state index contributed by atoms with van der Waals surface area (Å²) < 4.78 is 49.7. The van der Waals surface area contributed by atoms with Crippen molar-refractivity contribution >= 4 is 17.0 Å². The Bertz CT molecular complexity index is 1120. The van der Waals surface area contributed by atoms with Gasteiger partial charge in [-0.25, -0.2) is 0 Å².